The molecule has 1 aliphatic heterocycles. The van der Waals surface area contributed by atoms with E-state index >= 15 is 0 Å². The molecule has 1 aromatic heterocycles. The molecule has 0 saturated carbocycles. The van der Waals surface area contributed by atoms with Crippen molar-refractivity contribution in [1.29, 1.82) is 0 Å². The monoisotopic (exact) mass is 359 g/mol. The fraction of sp³-hybridized carbons (Fsp3) is 0.304. The summed E-state index contributed by atoms with van der Waals surface area (Å²) >= 11 is 0. The van der Waals surface area contributed by atoms with Crippen LogP contribution in [0.5, 0.6) is 0 Å². The third kappa shape index (κ3) is 2.95. The van der Waals surface area contributed by atoms with E-state index in [0.29, 0.717) is 5.69 Å². The van der Waals surface area contributed by atoms with Gasteiger partial charge in [-0.2, -0.15) is 5.10 Å². The van der Waals surface area contributed by atoms with E-state index in [1.807, 2.05) is 4.68 Å². The van der Waals surface area contributed by atoms with Crippen LogP contribution in [-0.2, 0) is 0 Å². The lowest BCUT2D eigenvalue weighted by atomic mass is 9.95. The molecule has 0 radical (unpaired) electrons. The lowest BCUT2D eigenvalue weighted by Crippen LogP contribution is -2.23. The quantitative estimate of drug-likeness (QED) is 0.733. The first-order chi connectivity index (χ1) is 12.8. The third-order valence-electron chi connectivity index (χ3n) is 5.14. The Bertz CT molecular complexity index is 1010. The average molecular weight is 359 g/mol. The van der Waals surface area contributed by atoms with Gasteiger partial charge in [-0.05, 0) is 55.5 Å². The number of aryl methyl sites for hydroxylation is 3. The highest BCUT2D eigenvalue weighted by Gasteiger charge is 2.38. The van der Waals surface area contributed by atoms with Crippen molar-refractivity contribution in [2.24, 2.45) is 0 Å². The fourth-order valence-electron chi connectivity index (χ4n) is 3.92. The van der Waals surface area contributed by atoms with Crippen LogP contribution in [0.1, 0.15) is 69.8 Å². The van der Waals surface area contributed by atoms with Crippen LogP contribution >= 0.6 is 0 Å². The predicted molar refractivity (Wildman–Crippen MR) is 108 cm³/mol. The van der Waals surface area contributed by atoms with Crippen molar-refractivity contribution in [2.45, 2.75) is 46.6 Å². The Hall–Kier alpha value is -2.88. The second kappa shape index (κ2) is 6.38. The van der Waals surface area contributed by atoms with E-state index in [2.05, 4.69) is 82.4 Å². The maximum absolute atomic E-state index is 12.9. The van der Waals surface area contributed by atoms with Gasteiger partial charge in [0.2, 0.25) is 0 Å². The Morgan fingerprint density at radius 2 is 1.59 bits per heavy atom. The number of aromatic nitrogens is 2. The molecular weight excluding hydrogens is 334 g/mol. The summed E-state index contributed by atoms with van der Waals surface area (Å²) in [6, 6.07) is 14.5. The Labute approximate surface area is 160 Å². The van der Waals surface area contributed by atoms with E-state index in [1.165, 1.54) is 5.56 Å². The van der Waals surface area contributed by atoms with E-state index in [0.717, 1.165) is 33.6 Å². The Kier molecular flexibility index (Phi) is 4.14. The van der Waals surface area contributed by atoms with E-state index < -0.39 is 0 Å². The molecule has 4 heteroatoms. The highest BCUT2D eigenvalue weighted by atomic mass is 16.2. The maximum Gasteiger partial charge on any atom is 0.271 e. The van der Waals surface area contributed by atoms with Gasteiger partial charge in [0, 0.05) is 5.56 Å². The molecule has 0 saturated heterocycles. The average Bonchev–Trinajstić information content (AvgIpc) is 3.14. The fourth-order valence-corrected chi connectivity index (χ4v) is 3.92. The van der Waals surface area contributed by atoms with Crippen molar-refractivity contribution >= 4 is 5.91 Å². The molecule has 2 aromatic carbocycles. The zero-order valence-corrected chi connectivity index (χ0v) is 16.5. The van der Waals surface area contributed by atoms with Crippen LogP contribution in [0, 0.1) is 20.8 Å². The molecule has 0 fully saturated rings. The molecule has 2 heterocycles. The number of hydrogen-bond donors (Lipinski definition) is 1. The number of rotatable bonds is 3. The summed E-state index contributed by atoms with van der Waals surface area (Å²) in [5.74, 6) is 0.167. The second-order valence-corrected chi connectivity index (χ2v) is 7.88. The molecule has 1 unspecified atom stereocenters. The summed E-state index contributed by atoms with van der Waals surface area (Å²) in [7, 11) is 0. The number of benzene rings is 2. The van der Waals surface area contributed by atoms with Gasteiger partial charge < -0.3 is 5.32 Å². The highest BCUT2D eigenvalue weighted by molar-refractivity contribution is 5.99. The minimum absolute atomic E-state index is 0.0610. The molecule has 4 nitrogen and oxygen atoms in total. The van der Waals surface area contributed by atoms with Gasteiger partial charge in [-0.1, -0.05) is 49.7 Å². The second-order valence-electron chi connectivity index (χ2n) is 7.88. The van der Waals surface area contributed by atoms with Gasteiger partial charge in [0.15, 0.2) is 0 Å². The van der Waals surface area contributed by atoms with Crippen LogP contribution in [-0.4, -0.2) is 15.7 Å². The maximum atomic E-state index is 12.9. The van der Waals surface area contributed by atoms with Crippen LogP contribution in [0.4, 0.5) is 0 Å². The number of amides is 1. The molecule has 0 spiro atoms. The smallest absolute Gasteiger partial charge is 0.271 e. The first kappa shape index (κ1) is 17.5. The lowest BCUT2D eigenvalue weighted by Gasteiger charge is -2.14. The van der Waals surface area contributed by atoms with Gasteiger partial charge >= 0.3 is 0 Å². The summed E-state index contributed by atoms with van der Waals surface area (Å²) < 4.78 is 1.83. The van der Waals surface area contributed by atoms with Crippen molar-refractivity contribution in [3.63, 3.8) is 0 Å². The molecule has 4 rings (SSSR count). The van der Waals surface area contributed by atoms with E-state index in [9.17, 15) is 4.79 Å². The van der Waals surface area contributed by atoms with Crippen molar-refractivity contribution in [1.82, 2.24) is 15.1 Å². The van der Waals surface area contributed by atoms with Crippen LogP contribution in [0.15, 0.2) is 42.5 Å². The van der Waals surface area contributed by atoms with Crippen molar-refractivity contribution in [3.05, 3.63) is 81.7 Å². The molecule has 1 aliphatic rings. The first-order valence-corrected chi connectivity index (χ1v) is 9.44. The minimum atomic E-state index is -0.148. The van der Waals surface area contributed by atoms with Gasteiger partial charge in [0.1, 0.15) is 5.69 Å². The molecule has 138 valence electrons. The predicted octanol–water partition coefficient (Wildman–Crippen LogP) is 4.75. The van der Waals surface area contributed by atoms with Crippen LogP contribution in [0.3, 0.4) is 0 Å². The van der Waals surface area contributed by atoms with E-state index in [1.54, 1.807) is 0 Å². The highest BCUT2D eigenvalue weighted by Crippen LogP contribution is 2.37. The molecule has 27 heavy (non-hydrogen) atoms. The zero-order valence-electron chi connectivity index (χ0n) is 16.5. The van der Waals surface area contributed by atoms with E-state index in [-0.39, 0.29) is 17.9 Å². The Morgan fingerprint density at radius 1 is 0.963 bits per heavy atom. The van der Waals surface area contributed by atoms with Crippen molar-refractivity contribution in [3.8, 4) is 5.69 Å². The minimum Gasteiger partial charge on any atom is -0.340 e. The van der Waals surface area contributed by atoms with E-state index in [4.69, 9.17) is 5.10 Å². The lowest BCUT2D eigenvalue weighted by molar-refractivity contribution is 0.0953. The number of nitrogens with zero attached hydrogens (tertiary/aromatic N) is 2. The normalized spacial score (nSPS) is 15.9. The van der Waals surface area contributed by atoms with Gasteiger partial charge in [-0.3, -0.25) is 4.79 Å². The topological polar surface area (TPSA) is 46.9 Å². The van der Waals surface area contributed by atoms with Gasteiger partial charge in [0.05, 0.1) is 17.4 Å². The molecule has 1 atom stereocenters. The van der Waals surface area contributed by atoms with Gasteiger partial charge in [-0.15, -0.1) is 0 Å². The Morgan fingerprint density at radius 3 is 2.19 bits per heavy atom. The Balaban J connectivity index is 1.93. The molecule has 1 amide bonds. The van der Waals surface area contributed by atoms with Crippen LogP contribution in [0.2, 0.25) is 0 Å². The summed E-state index contributed by atoms with van der Waals surface area (Å²) in [5.41, 5.74) is 8.21. The zero-order chi connectivity index (χ0) is 19.3. The van der Waals surface area contributed by atoms with Crippen molar-refractivity contribution < 1.29 is 4.79 Å². The SMILES string of the molecule is Cc1ccc(C2NC(=O)c3c2c(C(C)C)nn3-c2cc(C)cc(C)c2)cc1. The molecule has 3 aromatic rings. The summed E-state index contributed by atoms with van der Waals surface area (Å²) in [6.07, 6.45) is 0. The largest absolute Gasteiger partial charge is 0.340 e. The summed E-state index contributed by atoms with van der Waals surface area (Å²) in [6.45, 7) is 10.5. The van der Waals surface area contributed by atoms with Crippen LogP contribution < -0.4 is 5.32 Å². The summed E-state index contributed by atoms with van der Waals surface area (Å²) in [4.78, 5) is 12.9. The third-order valence-corrected chi connectivity index (χ3v) is 5.14. The molecular formula is C23H25N3O. The number of hydrogen-bond acceptors (Lipinski definition) is 2. The van der Waals surface area contributed by atoms with Gasteiger partial charge in [-0.25, -0.2) is 4.68 Å². The molecule has 0 bridgehead atoms. The number of nitrogens with one attached hydrogen (secondary N) is 1. The summed E-state index contributed by atoms with van der Waals surface area (Å²) in [5, 5.41) is 8.05. The number of fused-ring (bicyclic) bond motifs is 1. The van der Waals surface area contributed by atoms with Crippen LogP contribution in [0.25, 0.3) is 5.69 Å². The standard InChI is InChI=1S/C23H25N3O/c1-13(2)20-19-21(17-8-6-14(3)7-9-17)24-23(27)22(19)26(25-20)18-11-15(4)10-16(5)12-18/h6-13,21H,1-5H3,(H,24,27). The number of carbonyl (C=O) groups is 1. The number of carbonyl (C=O) groups excluding carboxylic acids is 1. The van der Waals surface area contributed by atoms with Crippen molar-refractivity contribution in [2.75, 3.05) is 0 Å². The van der Waals surface area contributed by atoms with Gasteiger partial charge in [0.25, 0.3) is 5.91 Å². The molecule has 0 aliphatic carbocycles. The molecule has 1 N–H and O–H groups in total. The first-order valence-electron chi connectivity index (χ1n) is 9.44.